The Kier molecular flexibility index (Phi) is 14.6. The molecule has 1 amide bonds. The van der Waals surface area contributed by atoms with Crippen LogP contribution in [0.25, 0.3) is 0 Å². The van der Waals surface area contributed by atoms with E-state index in [4.69, 9.17) is 14.1 Å². The van der Waals surface area contributed by atoms with Gasteiger partial charge in [0.25, 0.3) is 0 Å². The maximum atomic E-state index is 12.6. The van der Waals surface area contributed by atoms with Crippen LogP contribution in [0.1, 0.15) is 58.6 Å². The first kappa shape index (κ1) is 27.7. The van der Waals surface area contributed by atoms with Crippen molar-refractivity contribution in [3.63, 3.8) is 0 Å². The number of nitrogens with one attached hydrogen (secondary N) is 2. The van der Waals surface area contributed by atoms with Crippen LogP contribution in [0.5, 0.6) is 0 Å². The van der Waals surface area contributed by atoms with Crippen molar-refractivity contribution in [2.45, 2.75) is 65.3 Å². The highest BCUT2D eigenvalue weighted by Crippen LogP contribution is 2.17. The van der Waals surface area contributed by atoms with Crippen LogP contribution in [0, 0.1) is 5.92 Å². The lowest BCUT2D eigenvalue weighted by Crippen LogP contribution is -2.51. The average Bonchev–Trinajstić information content (AvgIpc) is 3.28. The molecule has 1 aliphatic rings. The molecule has 2 rings (SSSR count). The number of piperidine rings is 1. The monoisotopic (exact) mass is 548 g/mol. The first-order valence-corrected chi connectivity index (χ1v) is 11.6. The number of halogens is 1. The number of amides is 1. The second-order valence-corrected chi connectivity index (χ2v) is 7.79. The van der Waals surface area contributed by atoms with Gasteiger partial charge in [0, 0.05) is 57.8 Å². The molecule has 1 saturated heterocycles. The number of guanidine groups is 1. The third-order valence-electron chi connectivity index (χ3n) is 5.65. The minimum absolute atomic E-state index is 0. The van der Waals surface area contributed by atoms with Crippen molar-refractivity contribution in [1.82, 2.24) is 15.5 Å². The van der Waals surface area contributed by atoms with Gasteiger partial charge in [0.15, 0.2) is 5.96 Å². The van der Waals surface area contributed by atoms with E-state index >= 15 is 0 Å². The van der Waals surface area contributed by atoms with Crippen LogP contribution in [0.3, 0.4) is 0 Å². The molecule has 0 atom stereocenters. The zero-order chi connectivity index (χ0) is 21.6. The lowest BCUT2D eigenvalue weighted by molar-refractivity contribution is -0.136. The van der Waals surface area contributed by atoms with Gasteiger partial charge in [-0.1, -0.05) is 13.8 Å². The molecular weight excluding hydrogens is 507 g/mol. The van der Waals surface area contributed by atoms with Gasteiger partial charge >= 0.3 is 0 Å². The molecule has 31 heavy (non-hydrogen) atoms. The van der Waals surface area contributed by atoms with Crippen LogP contribution < -0.4 is 10.6 Å². The molecule has 0 bridgehead atoms. The third-order valence-corrected chi connectivity index (χ3v) is 5.65. The molecule has 0 unspecified atom stereocenters. The predicted octanol–water partition coefficient (Wildman–Crippen LogP) is 3.83. The van der Waals surface area contributed by atoms with E-state index in [0.29, 0.717) is 11.9 Å². The molecule has 0 aliphatic carbocycles. The number of hydrogen-bond acceptors (Lipinski definition) is 4. The molecule has 0 radical (unpaired) electrons. The molecule has 178 valence electrons. The second kappa shape index (κ2) is 16.4. The average molecular weight is 549 g/mol. The molecule has 1 aromatic heterocycles. The van der Waals surface area contributed by atoms with Gasteiger partial charge in [0.05, 0.1) is 6.26 Å². The molecule has 0 spiro atoms. The van der Waals surface area contributed by atoms with Gasteiger partial charge in [-0.3, -0.25) is 9.79 Å². The first-order chi connectivity index (χ1) is 14.7. The molecule has 7 nitrogen and oxygen atoms in total. The van der Waals surface area contributed by atoms with E-state index in [9.17, 15) is 4.79 Å². The number of ether oxygens (including phenoxy) is 1. The quantitative estimate of drug-likeness (QED) is 0.180. The Bertz CT molecular complexity index is 612. The highest BCUT2D eigenvalue weighted by Gasteiger charge is 2.26. The largest absolute Gasteiger partial charge is 0.469 e. The Morgan fingerprint density at radius 2 is 2.03 bits per heavy atom. The van der Waals surface area contributed by atoms with E-state index in [1.807, 2.05) is 24.0 Å². The number of carbonyl (C=O) groups excluding carboxylic acids is 1. The Balaban J connectivity index is 0.00000480. The van der Waals surface area contributed by atoms with Crippen molar-refractivity contribution < 1.29 is 13.9 Å². The molecule has 1 aliphatic heterocycles. The highest BCUT2D eigenvalue weighted by molar-refractivity contribution is 14.0. The first-order valence-electron chi connectivity index (χ1n) is 11.6. The van der Waals surface area contributed by atoms with Crippen molar-refractivity contribution in [3.8, 4) is 0 Å². The Morgan fingerprint density at radius 3 is 2.65 bits per heavy atom. The van der Waals surface area contributed by atoms with Gasteiger partial charge in [-0.05, 0) is 51.2 Å². The van der Waals surface area contributed by atoms with Crippen LogP contribution in [-0.4, -0.2) is 62.2 Å². The lowest BCUT2D eigenvalue weighted by atomic mass is 9.98. The van der Waals surface area contributed by atoms with Gasteiger partial charge in [-0.15, -0.1) is 24.0 Å². The zero-order valence-electron chi connectivity index (χ0n) is 19.4. The SMILES string of the molecule is CCOCCCN=C(NCCc1ccco1)NC1CCN(C(=O)C(CC)CC)CC1.I. The van der Waals surface area contributed by atoms with Gasteiger partial charge in [-0.2, -0.15) is 0 Å². The Hall–Kier alpha value is -1.29. The van der Waals surface area contributed by atoms with Gasteiger partial charge < -0.3 is 24.7 Å². The van der Waals surface area contributed by atoms with Crippen LogP contribution >= 0.6 is 24.0 Å². The summed E-state index contributed by atoms with van der Waals surface area (Å²) < 4.78 is 10.8. The van der Waals surface area contributed by atoms with Crippen molar-refractivity contribution in [1.29, 1.82) is 0 Å². The summed E-state index contributed by atoms with van der Waals surface area (Å²) in [4.78, 5) is 19.4. The fourth-order valence-corrected chi connectivity index (χ4v) is 3.75. The van der Waals surface area contributed by atoms with Crippen molar-refractivity contribution in [2.75, 3.05) is 39.4 Å². The zero-order valence-corrected chi connectivity index (χ0v) is 21.7. The van der Waals surface area contributed by atoms with Crippen molar-refractivity contribution >= 4 is 35.8 Å². The van der Waals surface area contributed by atoms with Crippen LogP contribution in [0.2, 0.25) is 0 Å². The molecule has 8 heteroatoms. The summed E-state index contributed by atoms with van der Waals surface area (Å²) in [5, 5.41) is 7.00. The molecule has 2 N–H and O–H groups in total. The summed E-state index contributed by atoms with van der Waals surface area (Å²) in [7, 11) is 0. The predicted molar refractivity (Wildman–Crippen MR) is 136 cm³/mol. The van der Waals surface area contributed by atoms with Crippen LogP contribution in [-0.2, 0) is 16.0 Å². The Morgan fingerprint density at radius 1 is 1.29 bits per heavy atom. The smallest absolute Gasteiger partial charge is 0.225 e. The van der Waals surface area contributed by atoms with E-state index in [2.05, 4.69) is 24.5 Å². The van der Waals surface area contributed by atoms with Gasteiger partial charge in [-0.25, -0.2) is 0 Å². The lowest BCUT2D eigenvalue weighted by Gasteiger charge is -2.35. The van der Waals surface area contributed by atoms with E-state index in [1.165, 1.54) is 0 Å². The van der Waals surface area contributed by atoms with Crippen LogP contribution in [0.15, 0.2) is 27.8 Å². The van der Waals surface area contributed by atoms with E-state index < -0.39 is 0 Å². The molecule has 0 aromatic carbocycles. The summed E-state index contributed by atoms with van der Waals surface area (Å²) >= 11 is 0. The summed E-state index contributed by atoms with van der Waals surface area (Å²) in [6.07, 6.45) is 7.16. The molecule has 1 aromatic rings. The maximum Gasteiger partial charge on any atom is 0.225 e. The van der Waals surface area contributed by atoms with E-state index in [1.54, 1.807) is 6.26 Å². The van der Waals surface area contributed by atoms with E-state index in [0.717, 1.165) is 89.6 Å². The minimum Gasteiger partial charge on any atom is -0.469 e. The summed E-state index contributed by atoms with van der Waals surface area (Å²) in [5.74, 6) is 2.29. The number of likely N-dealkylation sites (tertiary alicyclic amines) is 1. The number of furan rings is 1. The normalized spacial score (nSPS) is 15.1. The van der Waals surface area contributed by atoms with Crippen LogP contribution in [0.4, 0.5) is 0 Å². The molecule has 0 saturated carbocycles. The summed E-state index contributed by atoms with van der Waals surface area (Å²) in [6, 6.07) is 4.23. The topological polar surface area (TPSA) is 79.1 Å². The highest BCUT2D eigenvalue weighted by atomic mass is 127. The number of carbonyl (C=O) groups is 1. The van der Waals surface area contributed by atoms with Gasteiger partial charge in [0.1, 0.15) is 5.76 Å². The van der Waals surface area contributed by atoms with Crippen molar-refractivity contribution in [2.24, 2.45) is 10.9 Å². The fraction of sp³-hybridized carbons (Fsp3) is 0.739. The Labute approximate surface area is 204 Å². The summed E-state index contributed by atoms with van der Waals surface area (Å²) in [6.45, 7) is 10.8. The maximum absolute atomic E-state index is 12.6. The number of rotatable bonds is 12. The molecule has 2 heterocycles. The van der Waals surface area contributed by atoms with Gasteiger partial charge in [0.2, 0.25) is 5.91 Å². The van der Waals surface area contributed by atoms with Crippen molar-refractivity contribution in [3.05, 3.63) is 24.2 Å². The minimum atomic E-state index is 0. The summed E-state index contributed by atoms with van der Waals surface area (Å²) in [5.41, 5.74) is 0. The van der Waals surface area contributed by atoms with E-state index in [-0.39, 0.29) is 29.9 Å². The number of aliphatic imine (C=N–C) groups is 1. The fourth-order valence-electron chi connectivity index (χ4n) is 3.75. The molecule has 1 fully saturated rings. The number of hydrogen-bond donors (Lipinski definition) is 2. The molecular formula is C23H41IN4O3. The standard InChI is InChI=1S/C23H40N4O3.HI/c1-4-19(5-2)22(28)27-15-11-20(12-16-27)26-23(24-13-8-17-29-6-3)25-14-10-21-9-7-18-30-21;/h7,9,18-20H,4-6,8,10-17H2,1-3H3,(H2,24,25,26);1H. The third kappa shape index (κ3) is 10.2. The number of nitrogens with zero attached hydrogens (tertiary/aromatic N) is 2. The second-order valence-electron chi connectivity index (χ2n) is 7.79.